The van der Waals surface area contributed by atoms with Crippen LogP contribution in [-0.4, -0.2) is 5.88 Å². The molecule has 0 aromatic rings. The van der Waals surface area contributed by atoms with Crippen LogP contribution in [0.3, 0.4) is 0 Å². The minimum Gasteiger partial charge on any atom is -0.127 e. The van der Waals surface area contributed by atoms with Gasteiger partial charge in [-0.1, -0.05) is 50.0 Å². The number of hydrogen-bond donors (Lipinski definition) is 0. The Kier molecular flexibility index (Phi) is 13.2. The third-order valence-corrected chi connectivity index (χ3v) is 2.55. The fraction of sp³-hybridized carbons (Fsp3) is 0.714. The van der Waals surface area contributed by atoms with E-state index in [0.717, 1.165) is 12.3 Å². The predicted molar refractivity (Wildman–Crippen MR) is 70.2 cm³/mol. The summed E-state index contributed by atoms with van der Waals surface area (Å²) in [5, 5.41) is 0. The number of hydrogen-bond acceptors (Lipinski definition) is 0. The molecule has 0 fully saturated rings. The van der Waals surface area contributed by atoms with Gasteiger partial charge in [-0.05, 0) is 25.8 Å². The summed E-state index contributed by atoms with van der Waals surface area (Å²) in [4.78, 5) is 0. The van der Waals surface area contributed by atoms with E-state index in [2.05, 4.69) is 11.8 Å². The first kappa shape index (κ1) is 14.6. The zero-order valence-corrected chi connectivity index (χ0v) is 10.7. The maximum absolute atomic E-state index is 5.60. The summed E-state index contributed by atoms with van der Waals surface area (Å²) in [7, 11) is 0. The molecule has 86 valence electrons. The van der Waals surface area contributed by atoms with Crippen LogP contribution in [0.4, 0.5) is 0 Å². The van der Waals surface area contributed by atoms with Gasteiger partial charge in [-0.2, -0.15) is 0 Å². The van der Waals surface area contributed by atoms with Crippen molar-refractivity contribution in [3.05, 3.63) is 12.2 Å². The quantitative estimate of drug-likeness (QED) is 0.313. The van der Waals surface area contributed by atoms with Crippen molar-refractivity contribution in [2.24, 2.45) is 0 Å². The van der Waals surface area contributed by atoms with E-state index in [9.17, 15) is 0 Å². The van der Waals surface area contributed by atoms with Crippen LogP contribution in [-0.2, 0) is 0 Å². The van der Waals surface area contributed by atoms with Crippen molar-refractivity contribution in [3.8, 4) is 11.8 Å². The van der Waals surface area contributed by atoms with Gasteiger partial charge in [0.1, 0.15) is 0 Å². The van der Waals surface area contributed by atoms with E-state index in [-0.39, 0.29) is 0 Å². The molecule has 0 aliphatic heterocycles. The highest BCUT2D eigenvalue weighted by Gasteiger charge is 1.90. The summed E-state index contributed by atoms with van der Waals surface area (Å²) in [6, 6.07) is 0. The SMILES string of the molecule is C/C=C\C#CCCCCCCCCCCl. The number of alkyl halides is 1. The number of rotatable bonds is 8. The highest BCUT2D eigenvalue weighted by Crippen LogP contribution is 2.08. The van der Waals surface area contributed by atoms with Gasteiger partial charge in [0.25, 0.3) is 0 Å². The van der Waals surface area contributed by atoms with Crippen LogP contribution in [0, 0.1) is 11.8 Å². The molecule has 0 aromatic carbocycles. The van der Waals surface area contributed by atoms with E-state index < -0.39 is 0 Å². The molecule has 0 saturated carbocycles. The van der Waals surface area contributed by atoms with E-state index in [1.165, 1.54) is 44.9 Å². The molecule has 0 heterocycles. The molecular formula is C14H23Cl. The molecule has 0 aromatic heterocycles. The van der Waals surface area contributed by atoms with Crippen molar-refractivity contribution >= 4 is 11.6 Å². The van der Waals surface area contributed by atoms with E-state index in [0.29, 0.717) is 0 Å². The summed E-state index contributed by atoms with van der Waals surface area (Å²) in [5.74, 6) is 6.97. The lowest BCUT2D eigenvalue weighted by Gasteiger charge is -1.98. The second-order valence-corrected chi connectivity index (χ2v) is 4.11. The topological polar surface area (TPSA) is 0 Å². The molecule has 0 nitrogen and oxygen atoms in total. The highest BCUT2D eigenvalue weighted by molar-refractivity contribution is 6.17. The molecule has 0 atom stereocenters. The molecule has 1 heteroatoms. The van der Waals surface area contributed by atoms with Gasteiger partial charge in [0.05, 0.1) is 0 Å². The van der Waals surface area contributed by atoms with Gasteiger partial charge in [0, 0.05) is 12.3 Å². The first-order chi connectivity index (χ1) is 7.41. The number of allylic oxidation sites excluding steroid dienone is 2. The van der Waals surface area contributed by atoms with Crippen molar-refractivity contribution in [2.45, 2.75) is 58.3 Å². The van der Waals surface area contributed by atoms with Gasteiger partial charge in [0.15, 0.2) is 0 Å². The molecule has 0 rings (SSSR count). The second-order valence-electron chi connectivity index (χ2n) is 3.73. The Bertz CT molecular complexity index is 195. The smallest absolute Gasteiger partial charge is 0.0223 e. The largest absolute Gasteiger partial charge is 0.127 e. The standard InChI is InChI=1S/C14H23Cl/c1-2-3-4-5-6-7-8-9-10-11-12-13-14-15/h2-3H,6-14H2,1H3/b3-2-. The fourth-order valence-electron chi connectivity index (χ4n) is 1.41. The second kappa shape index (κ2) is 13.6. The molecule has 0 spiro atoms. The zero-order chi connectivity index (χ0) is 11.2. The van der Waals surface area contributed by atoms with Crippen LogP contribution in [0.2, 0.25) is 0 Å². The molecule has 0 unspecified atom stereocenters. The minimum atomic E-state index is 0.820. The van der Waals surface area contributed by atoms with Gasteiger partial charge < -0.3 is 0 Å². The lowest BCUT2D eigenvalue weighted by molar-refractivity contribution is 0.595. The molecule has 0 radical (unpaired) electrons. The van der Waals surface area contributed by atoms with Crippen LogP contribution in [0.25, 0.3) is 0 Å². The van der Waals surface area contributed by atoms with Crippen molar-refractivity contribution in [1.29, 1.82) is 0 Å². The molecule has 0 amide bonds. The lowest BCUT2D eigenvalue weighted by atomic mass is 10.1. The Morgan fingerprint density at radius 1 is 0.933 bits per heavy atom. The highest BCUT2D eigenvalue weighted by atomic mass is 35.5. The average molecular weight is 227 g/mol. The lowest BCUT2D eigenvalue weighted by Crippen LogP contribution is -1.81. The summed E-state index contributed by atoms with van der Waals surface area (Å²) in [6.07, 6.45) is 14.0. The normalized spacial score (nSPS) is 10.3. The summed E-state index contributed by atoms with van der Waals surface area (Å²) < 4.78 is 0. The van der Waals surface area contributed by atoms with Gasteiger partial charge in [-0.3, -0.25) is 0 Å². The zero-order valence-electron chi connectivity index (χ0n) is 9.90. The third kappa shape index (κ3) is 13.6. The Labute approximate surface area is 100 Å². The predicted octanol–water partition coefficient (Wildman–Crippen LogP) is 4.93. The Morgan fingerprint density at radius 2 is 1.53 bits per heavy atom. The van der Waals surface area contributed by atoms with Gasteiger partial charge in [0.2, 0.25) is 0 Å². The molecule has 0 aliphatic carbocycles. The first-order valence-electron chi connectivity index (χ1n) is 6.07. The number of halogens is 1. The summed E-state index contributed by atoms with van der Waals surface area (Å²) >= 11 is 5.60. The Morgan fingerprint density at radius 3 is 2.13 bits per heavy atom. The number of unbranched alkanes of at least 4 members (excludes halogenated alkanes) is 7. The molecule has 0 bridgehead atoms. The minimum absolute atomic E-state index is 0.820. The van der Waals surface area contributed by atoms with Crippen LogP contribution in [0.5, 0.6) is 0 Å². The van der Waals surface area contributed by atoms with E-state index >= 15 is 0 Å². The van der Waals surface area contributed by atoms with Crippen LogP contribution >= 0.6 is 11.6 Å². The van der Waals surface area contributed by atoms with Crippen molar-refractivity contribution < 1.29 is 0 Å². The Hall–Kier alpha value is -0.410. The summed E-state index contributed by atoms with van der Waals surface area (Å²) in [5.41, 5.74) is 0. The third-order valence-electron chi connectivity index (χ3n) is 2.29. The van der Waals surface area contributed by atoms with E-state index in [1.807, 2.05) is 19.1 Å². The fourth-order valence-corrected chi connectivity index (χ4v) is 1.60. The van der Waals surface area contributed by atoms with Crippen molar-refractivity contribution in [2.75, 3.05) is 5.88 Å². The monoisotopic (exact) mass is 226 g/mol. The van der Waals surface area contributed by atoms with Crippen LogP contribution in [0.15, 0.2) is 12.2 Å². The molecule has 0 saturated heterocycles. The van der Waals surface area contributed by atoms with E-state index in [1.54, 1.807) is 0 Å². The molecule has 0 N–H and O–H groups in total. The first-order valence-corrected chi connectivity index (χ1v) is 6.60. The van der Waals surface area contributed by atoms with E-state index in [4.69, 9.17) is 11.6 Å². The molecular weight excluding hydrogens is 204 g/mol. The van der Waals surface area contributed by atoms with Crippen molar-refractivity contribution in [3.63, 3.8) is 0 Å². The Balaban J connectivity index is 3.02. The van der Waals surface area contributed by atoms with Crippen LogP contribution < -0.4 is 0 Å². The van der Waals surface area contributed by atoms with Crippen LogP contribution in [0.1, 0.15) is 58.3 Å². The molecule has 15 heavy (non-hydrogen) atoms. The van der Waals surface area contributed by atoms with Gasteiger partial charge >= 0.3 is 0 Å². The maximum atomic E-state index is 5.60. The maximum Gasteiger partial charge on any atom is 0.0223 e. The van der Waals surface area contributed by atoms with Gasteiger partial charge in [-0.25, -0.2) is 0 Å². The van der Waals surface area contributed by atoms with Gasteiger partial charge in [-0.15, -0.1) is 11.6 Å². The molecule has 0 aliphatic rings. The summed E-state index contributed by atoms with van der Waals surface area (Å²) in [6.45, 7) is 2.00. The average Bonchev–Trinajstić information content (AvgIpc) is 2.26. The van der Waals surface area contributed by atoms with Crippen molar-refractivity contribution in [1.82, 2.24) is 0 Å².